The van der Waals surface area contributed by atoms with E-state index in [4.69, 9.17) is 5.73 Å². The molecule has 0 saturated carbocycles. The highest BCUT2D eigenvalue weighted by Gasteiger charge is 2.41. The lowest BCUT2D eigenvalue weighted by Gasteiger charge is -2.47. The zero-order chi connectivity index (χ0) is 19.4. The molecule has 2 heterocycles. The Morgan fingerprint density at radius 2 is 1.81 bits per heavy atom. The van der Waals surface area contributed by atoms with Crippen molar-refractivity contribution in [1.29, 1.82) is 0 Å². The Morgan fingerprint density at radius 3 is 2.41 bits per heavy atom. The average molecular weight is 372 g/mol. The molecule has 3 rings (SSSR count). The van der Waals surface area contributed by atoms with Gasteiger partial charge in [-0.1, -0.05) is 12.1 Å². The van der Waals surface area contributed by atoms with Crippen LogP contribution in [0.2, 0.25) is 0 Å². The fourth-order valence-corrected chi connectivity index (χ4v) is 4.18. The first-order chi connectivity index (χ1) is 12.8. The van der Waals surface area contributed by atoms with Crippen LogP contribution >= 0.6 is 0 Å². The molecule has 3 N–H and O–H groups in total. The summed E-state index contributed by atoms with van der Waals surface area (Å²) in [5.74, 6) is -0.470. The topological polar surface area (TPSA) is 95.7 Å². The van der Waals surface area contributed by atoms with Gasteiger partial charge in [-0.05, 0) is 55.5 Å². The first kappa shape index (κ1) is 19.4. The lowest BCUT2D eigenvalue weighted by molar-refractivity contribution is -0.142. The number of nitrogens with one attached hydrogen (secondary N) is 1. The summed E-state index contributed by atoms with van der Waals surface area (Å²) in [7, 11) is 0. The van der Waals surface area contributed by atoms with E-state index in [-0.39, 0.29) is 23.8 Å². The molecule has 2 aliphatic heterocycles. The van der Waals surface area contributed by atoms with Crippen LogP contribution < -0.4 is 11.1 Å². The summed E-state index contributed by atoms with van der Waals surface area (Å²) in [6.45, 7) is 5.01. The Labute approximate surface area is 159 Å². The molecule has 1 aromatic carbocycles. The van der Waals surface area contributed by atoms with Crippen LogP contribution in [0.3, 0.4) is 0 Å². The largest absolute Gasteiger partial charge is 0.368 e. The molecular formula is C20H28N4O3. The number of amides is 3. The van der Waals surface area contributed by atoms with Gasteiger partial charge in [-0.3, -0.25) is 19.3 Å². The van der Waals surface area contributed by atoms with Crippen LogP contribution in [-0.2, 0) is 20.9 Å². The van der Waals surface area contributed by atoms with Crippen molar-refractivity contribution in [2.75, 3.05) is 31.5 Å². The number of benzene rings is 1. The maximum absolute atomic E-state index is 12.0. The standard InChI is InChI=1S/C20H28N4O3/c1-15(25)22-17-4-2-16(3-5-17)12-23-10-8-20(9-11-23)7-6-19(27)24(14-20)13-18(21)26/h2-5H,6-14H2,1H3,(H2,21,26)(H,22,25). The highest BCUT2D eigenvalue weighted by atomic mass is 16.2. The van der Waals surface area contributed by atoms with Gasteiger partial charge in [0.1, 0.15) is 0 Å². The predicted molar refractivity (Wildman–Crippen MR) is 103 cm³/mol. The Bertz CT molecular complexity index is 708. The number of hydrogen-bond acceptors (Lipinski definition) is 4. The molecule has 1 spiro atoms. The molecule has 7 heteroatoms. The van der Waals surface area contributed by atoms with Crippen LogP contribution in [0.25, 0.3) is 0 Å². The molecule has 0 aliphatic carbocycles. The predicted octanol–water partition coefficient (Wildman–Crippen LogP) is 1.33. The van der Waals surface area contributed by atoms with Gasteiger partial charge in [-0.2, -0.15) is 0 Å². The van der Waals surface area contributed by atoms with E-state index in [0.717, 1.165) is 44.6 Å². The number of carbonyl (C=O) groups excluding carboxylic acids is 3. The molecule has 1 aromatic rings. The van der Waals surface area contributed by atoms with Gasteiger partial charge < -0.3 is 16.0 Å². The molecule has 0 atom stereocenters. The summed E-state index contributed by atoms with van der Waals surface area (Å²) in [6, 6.07) is 7.94. The zero-order valence-electron chi connectivity index (χ0n) is 15.9. The SMILES string of the molecule is CC(=O)Nc1ccc(CN2CCC3(CCC(=O)N(CC(N)=O)C3)CC2)cc1. The van der Waals surface area contributed by atoms with E-state index in [1.54, 1.807) is 4.90 Å². The molecule has 3 amide bonds. The van der Waals surface area contributed by atoms with Crippen molar-refractivity contribution in [3.63, 3.8) is 0 Å². The van der Waals surface area contributed by atoms with Crippen molar-refractivity contribution in [2.45, 2.75) is 39.2 Å². The number of carbonyl (C=O) groups is 3. The number of hydrogen-bond donors (Lipinski definition) is 2. The minimum absolute atomic E-state index is 0.0327. The van der Waals surface area contributed by atoms with Crippen molar-refractivity contribution in [3.05, 3.63) is 29.8 Å². The fourth-order valence-electron chi connectivity index (χ4n) is 4.18. The lowest BCUT2D eigenvalue weighted by atomic mass is 9.72. The summed E-state index contributed by atoms with van der Waals surface area (Å²) in [6.07, 6.45) is 3.47. The maximum atomic E-state index is 12.0. The third-order valence-electron chi connectivity index (χ3n) is 5.69. The van der Waals surface area contributed by atoms with Crippen molar-refractivity contribution in [3.8, 4) is 0 Å². The van der Waals surface area contributed by atoms with Gasteiger partial charge in [0.25, 0.3) is 0 Å². The van der Waals surface area contributed by atoms with E-state index in [9.17, 15) is 14.4 Å². The number of nitrogens with two attached hydrogens (primary N) is 1. The van der Waals surface area contributed by atoms with Crippen LogP contribution in [-0.4, -0.2) is 53.7 Å². The third kappa shape index (κ3) is 5.07. The highest BCUT2D eigenvalue weighted by molar-refractivity contribution is 5.88. The third-order valence-corrected chi connectivity index (χ3v) is 5.69. The Hall–Kier alpha value is -2.41. The van der Waals surface area contributed by atoms with E-state index in [0.29, 0.717) is 13.0 Å². The van der Waals surface area contributed by atoms with Crippen LogP contribution in [0.1, 0.15) is 38.2 Å². The minimum atomic E-state index is -0.444. The van der Waals surface area contributed by atoms with Crippen molar-refractivity contribution in [2.24, 2.45) is 11.1 Å². The van der Waals surface area contributed by atoms with E-state index >= 15 is 0 Å². The van der Waals surface area contributed by atoms with Gasteiger partial charge in [0, 0.05) is 32.1 Å². The Balaban J connectivity index is 1.53. The maximum Gasteiger partial charge on any atom is 0.237 e. The fraction of sp³-hybridized carbons (Fsp3) is 0.550. The Kier molecular flexibility index (Phi) is 5.79. The van der Waals surface area contributed by atoms with E-state index in [1.165, 1.54) is 12.5 Å². The zero-order valence-corrected chi connectivity index (χ0v) is 15.9. The molecule has 0 aromatic heterocycles. The van der Waals surface area contributed by atoms with Gasteiger partial charge in [0.2, 0.25) is 17.7 Å². The molecule has 2 aliphatic rings. The number of primary amides is 1. The number of rotatable bonds is 5. The molecule has 7 nitrogen and oxygen atoms in total. The molecule has 0 radical (unpaired) electrons. The van der Waals surface area contributed by atoms with Gasteiger partial charge in [0.05, 0.1) is 6.54 Å². The van der Waals surface area contributed by atoms with Crippen LogP contribution in [0.5, 0.6) is 0 Å². The van der Waals surface area contributed by atoms with E-state index in [1.807, 2.05) is 24.3 Å². The molecule has 0 bridgehead atoms. The second kappa shape index (κ2) is 8.08. The van der Waals surface area contributed by atoms with Crippen molar-refractivity contribution >= 4 is 23.4 Å². The van der Waals surface area contributed by atoms with Crippen molar-refractivity contribution < 1.29 is 14.4 Å². The number of anilines is 1. The molecule has 2 fully saturated rings. The Morgan fingerprint density at radius 1 is 1.15 bits per heavy atom. The van der Waals surface area contributed by atoms with E-state index < -0.39 is 5.91 Å². The van der Waals surface area contributed by atoms with Crippen LogP contribution in [0.15, 0.2) is 24.3 Å². The second-order valence-electron chi connectivity index (χ2n) is 7.87. The lowest BCUT2D eigenvalue weighted by Crippen LogP contribution is -2.53. The van der Waals surface area contributed by atoms with Crippen LogP contribution in [0.4, 0.5) is 5.69 Å². The summed E-state index contributed by atoms with van der Waals surface area (Å²) in [5, 5.41) is 2.78. The van der Waals surface area contributed by atoms with Gasteiger partial charge >= 0.3 is 0 Å². The van der Waals surface area contributed by atoms with Crippen molar-refractivity contribution in [1.82, 2.24) is 9.80 Å². The first-order valence-corrected chi connectivity index (χ1v) is 9.50. The quantitative estimate of drug-likeness (QED) is 0.815. The molecule has 27 heavy (non-hydrogen) atoms. The molecular weight excluding hydrogens is 344 g/mol. The molecule has 2 saturated heterocycles. The summed E-state index contributed by atoms with van der Waals surface area (Å²) in [5.41, 5.74) is 7.43. The van der Waals surface area contributed by atoms with Gasteiger partial charge in [-0.15, -0.1) is 0 Å². The monoisotopic (exact) mass is 372 g/mol. The number of likely N-dealkylation sites (tertiary alicyclic amines) is 2. The normalized spacial score (nSPS) is 19.9. The smallest absolute Gasteiger partial charge is 0.237 e. The van der Waals surface area contributed by atoms with Gasteiger partial charge in [0.15, 0.2) is 0 Å². The first-order valence-electron chi connectivity index (χ1n) is 9.50. The minimum Gasteiger partial charge on any atom is -0.368 e. The molecule has 0 unspecified atom stereocenters. The number of nitrogens with zero attached hydrogens (tertiary/aromatic N) is 2. The summed E-state index contributed by atoms with van der Waals surface area (Å²) >= 11 is 0. The van der Waals surface area contributed by atoms with E-state index in [2.05, 4.69) is 10.2 Å². The summed E-state index contributed by atoms with van der Waals surface area (Å²) in [4.78, 5) is 38.4. The highest BCUT2D eigenvalue weighted by Crippen LogP contribution is 2.40. The van der Waals surface area contributed by atoms with Gasteiger partial charge in [-0.25, -0.2) is 0 Å². The molecule has 146 valence electrons. The number of piperidine rings is 2. The van der Waals surface area contributed by atoms with Crippen LogP contribution in [0, 0.1) is 5.41 Å². The second-order valence-corrected chi connectivity index (χ2v) is 7.87. The summed E-state index contributed by atoms with van der Waals surface area (Å²) < 4.78 is 0. The average Bonchev–Trinajstić information content (AvgIpc) is 2.61.